The van der Waals surface area contributed by atoms with E-state index >= 15 is 0 Å². The zero-order valence-electron chi connectivity index (χ0n) is 6.50. The van der Waals surface area contributed by atoms with E-state index in [1.807, 2.05) is 0 Å². The van der Waals surface area contributed by atoms with Crippen LogP contribution in [0.25, 0.3) is 0 Å². The van der Waals surface area contributed by atoms with E-state index < -0.39 is 0 Å². The Kier molecular flexibility index (Phi) is 3.34. The first kappa shape index (κ1) is 10.1. The van der Waals surface area contributed by atoms with Gasteiger partial charge in [-0.1, -0.05) is 23.2 Å². The Hall–Kier alpha value is -0.990. The van der Waals surface area contributed by atoms with Crippen LogP contribution in [0, 0.1) is 0 Å². The normalized spacial score (nSPS) is 10.6. The largest absolute Gasteiger partial charge is 0.515 e. The number of rotatable bonds is 2. The van der Waals surface area contributed by atoms with Gasteiger partial charge in [-0.25, -0.2) is 0 Å². The van der Waals surface area contributed by atoms with Crippen molar-refractivity contribution < 1.29 is 9.90 Å². The van der Waals surface area contributed by atoms with E-state index in [1.165, 1.54) is 12.1 Å². The molecule has 0 aromatic heterocycles. The van der Waals surface area contributed by atoms with Gasteiger partial charge in [-0.05, 0) is 18.2 Å². The predicted molar refractivity (Wildman–Crippen MR) is 52.6 cm³/mol. The van der Waals surface area contributed by atoms with Crippen molar-refractivity contribution in [2.75, 3.05) is 0 Å². The van der Waals surface area contributed by atoms with E-state index in [9.17, 15) is 4.79 Å². The number of carbonyl (C=O) groups is 1. The Labute approximate surface area is 85.4 Å². The first-order valence-corrected chi connectivity index (χ1v) is 4.21. The number of ketones is 1. The van der Waals surface area contributed by atoms with Crippen molar-refractivity contribution >= 4 is 29.0 Å². The number of benzene rings is 1. The van der Waals surface area contributed by atoms with Crippen molar-refractivity contribution in [2.45, 2.75) is 0 Å². The molecule has 0 aliphatic carbocycles. The molecule has 4 heteroatoms. The Morgan fingerprint density at radius 3 is 2.62 bits per heavy atom. The molecule has 1 rings (SSSR count). The summed E-state index contributed by atoms with van der Waals surface area (Å²) in [5, 5.41) is 9.11. The van der Waals surface area contributed by atoms with Crippen LogP contribution in [0.2, 0.25) is 10.0 Å². The summed E-state index contributed by atoms with van der Waals surface area (Å²) in [4.78, 5) is 11.2. The maximum absolute atomic E-state index is 11.2. The lowest BCUT2D eigenvalue weighted by atomic mass is 10.1. The minimum Gasteiger partial charge on any atom is -0.515 e. The highest BCUT2D eigenvalue weighted by Crippen LogP contribution is 2.21. The second kappa shape index (κ2) is 4.30. The third-order valence-corrected chi connectivity index (χ3v) is 1.97. The van der Waals surface area contributed by atoms with Crippen LogP contribution in [0.1, 0.15) is 10.4 Å². The molecule has 0 saturated heterocycles. The molecule has 0 amide bonds. The lowest BCUT2D eigenvalue weighted by Gasteiger charge is -1.99. The fraction of sp³-hybridized carbons (Fsp3) is 0. The molecule has 0 aliphatic heterocycles. The van der Waals surface area contributed by atoms with Crippen LogP contribution in [0.15, 0.2) is 30.5 Å². The van der Waals surface area contributed by atoms with E-state index in [0.717, 1.165) is 6.08 Å². The number of hydrogen-bond donors (Lipinski definition) is 1. The van der Waals surface area contributed by atoms with Crippen molar-refractivity contribution in [1.29, 1.82) is 0 Å². The van der Waals surface area contributed by atoms with Gasteiger partial charge in [0.05, 0.1) is 11.3 Å². The zero-order chi connectivity index (χ0) is 9.84. The summed E-state index contributed by atoms with van der Waals surface area (Å²) in [6.07, 6.45) is 1.70. The summed E-state index contributed by atoms with van der Waals surface area (Å²) in [5.74, 6) is -0.357. The second-order valence-corrected chi connectivity index (χ2v) is 3.15. The van der Waals surface area contributed by atoms with Crippen LogP contribution >= 0.6 is 23.2 Å². The van der Waals surface area contributed by atoms with Gasteiger partial charge in [0.25, 0.3) is 0 Å². The molecular weight excluding hydrogens is 211 g/mol. The van der Waals surface area contributed by atoms with Crippen LogP contribution < -0.4 is 0 Å². The van der Waals surface area contributed by atoms with Gasteiger partial charge in [-0.2, -0.15) is 0 Å². The van der Waals surface area contributed by atoms with Gasteiger partial charge in [-0.15, -0.1) is 0 Å². The van der Waals surface area contributed by atoms with Gasteiger partial charge < -0.3 is 5.11 Å². The summed E-state index contributed by atoms with van der Waals surface area (Å²) in [6.45, 7) is 0. The lowest BCUT2D eigenvalue weighted by molar-refractivity contribution is 0.104. The molecule has 0 unspecified atom stereocenters. The Balaban J connectivity index is 3.09. The summed E-state index contributed by atoms with van der Waals surface area (Å²) in [6, 6.07) is 4.54. The highest BCUT2D eigenvalue weighted by molar-refractivity contribution is 6.37. The number of aliphatic hydroxyl groups is 1. The third-order valence-electron chi connectivity index (χ3n) is 1.42. The molecule has 0 atom stereocenters. The van der Waals surface area contributed by atoms with Crippen LogP contribution in [0.5, 0.6) is 0 Å². The van der Waals surface area contributed by atoms with Crippen molar-refractivity contribution in [3.8, 4) is 0 Å². The zero-order valence-corrected chi connectivity index (χ0v) is 8.01. The van der Waals surface area contributed by atoms with E-state index in [1.54, 1.807) is 6.07 Å². The number of allylic oxidation sites excluding steroid dienone is 1. The molecule has 2 nitrogen and oxygen atoms in total. The average molecular weight is 217 g/mol. The number of carbonyl (C=O) groups excluding carboxylic acids is 1. The predicted octanol–water partition coefficient (Wildman–Crippen LogP) is 3.25. The van der Waals surface area contributed by atoms with Crippen molar-refractivity contribution in [1.82, 2.24) is 0 Å². The molecule has 0 saturated carbocycles. The molecule has 0 heterocycles. The molecule has 0 radical (unpaired) electrons. The van der Waals surface area contributed by atoms with E-state index in [4.69, 9.17) is 28.3 Å². The van der Waals surface area contributed by atoms with Crippen LogP contribution in [-0.4, -0.2) is 10.9 Å². The maximum Gasteiger partial charge on any atom is 0.190 e. The smallest absolute Gasteiger partial charge is 0.190 e. The monoisotopic (exact) mass is 216 g/mol. The number of aliphatic hydroxyl groups excluding tert-OH is 1. The molecule has 13 heavy (non-hydrogen) atoms. The molecule has 1 aromatic rings. The van der Waals surface area contributed by atoms with E-state index in [0.29, 0.717) is 16.8 Å². The fourth-order valence-corrected chi connectivity index (χ4v) is 1.35. The highest BCUT2D eigenvalue weighted by Gasteiger charge is 2.07. The van der Waals surface area contributed by atoms with Crippen molar-refractivity contribution in [2.24, 2.45) is 0 Å². The van der Waals surface area contributed by atoms with Crippen LogP contribution in [0.3, 0.4) is 0 Å². The Morgan fingerprint density at radius 2 is 2.08 bits per heavy atom. The van der Waals surface area contributed by atoms with Gasteiger partial charge in [0.1, 0.15) is 0 Å². The summed E-state index contributed by atoms with van der Waals surface area (Å²) >= 11 is 11.4. The average Bonchev–Trinajstić information content (AvgIpc) is 2.04. The van der Waals surface area contributed by atoms with E-state index in [-0.39, 0.29) is 10.8 Å². The Morgan fingerprint density at radius 1 is 1.38 bits per heavy atom. The molecule has 0 spiro atoms. The standard InChI is InChI=1S/C9H6Cl2O2/c10-6-1-2-7(8(11)5-6)9(13)3-4-12/h1-5,12H/b4-3+. The maximum atomic E-state index is 11.2. The van der Waals surface area contributed by atoms with Gasteiger partial charge in [0.2, 0.25) is 0 Å². The van der Waals surface area contributed by atoms with E-state index in [2.05, 4.69) is 0 Å². The lowest BCUT2D eigenvalue weighted by Crippen LogP contribution is -1.94. The second-order valence-electron chi connectivity index (χ2n) is 2.30. The fourth-order valence-electron chi connectivity index (χ4n) is 0.847. The molecule has 68 valence electrons. The molecule has 1 N–H and O–H groups in total. The topological polar surface area (TPSA) is 37.3 Å². The molecule has 0 aliphatic rings. The van der Waals surface area contributed by atoms with Crippen molar-refractivity contribution in [3.05, 3.63) is 46.1 Å². The van der Waals surface area contributed by atoms with Gasteiger partial charge >= 0.3 is 0 Å². The first-order valence-electron chi connectivity index (χ1n) is 3.45. The van der Waals surface area contributed by atoms with Gasteiger partial charge in [0.15, 0.2) is 5.78 Å². The molecule has 0 bridgehead atoms. The molecule has 0 fully saturated rings. The Bertz CT molecular complexity index is 359. The number of halogens is 2. The minimum atomic E-state index is -0.357. The minimum absolute atomic E-state index is 0.274. The van der Waals surface area contributed by atoms with Gasteiger partial charge in [-0.3, -0.25) is 4.79 Å². The third kappa shape index (κ3) is 2.47. The number of hydrogen-bond acceptors (Lipinski definition) is 2. The summed E-state index contributed by atoms with van der Waals surface area (Å²) < 4.78 is 0. The SMILES string of the molecule is O=C(/C=C/O)c1ccc(Cl)cc1Cl. The van der Waals surface area contributed by atoms with Crippen LogP contribution in [-0.2, 0) is 0 Å². The molecular formula is C9H6Cl2O2. The molecule has 1 aromatic carbocycles. The highest BCUT2D eigenvalue weighted by atomic mass is 35.5. The van der Waals surface area contributed by atoms with Crippen LogP contribution in [0.4, 0.5) is 0 Å². The first-order chi connectivity index (χ1) is 6.15. The summed E-state index contributed by atoms with van der Waals surface area (Å²) in [5.41, 5.74) is 0.316. The summed E-state index contributed by atoms with van der Waals surface area (Å²) in [7, 11) is 0. The van der Waals surface area contributed by atoms with Gasteiger partial charge in [0, 0.05) is 16.7 Å². The van der Waals surface area contributed by atoms with Crippen molar-refractivity contribution in [3.63, 3.8) is 0 Å². The quantitative estimate of drug-likeness (QED) is 0.469.